The molecule has 1 aromatic rings. The Labute approximate surface area is 102 Å². The number of amides is 1. The number of carbonyl (C=O) groups is 1. The first-order valence-electron chi connectivity index (χ1n) is 6.25. The smallest absolute Gasteiger partial charge is 0.226 e. The Morgan fingerprint density at radius 2 is 2.00 bits per heavy atom. The van der Waals surface area contributed by atoms with Gasteiger partial charge in [0.15, 0.2) is 0 Å². The molecule has 1 amide bonds. The van der Waals surface area contributed by atoms with Gasteiger partial charge in [-0.2, -0.15) is 0 Å². The van der Waals surface area contributed by atoms with Crippen molar-refractivity contribution in [3.63, 3.8) is 0 Å². The van der Waals surface area contributed by atoms with E-state index in [2.05, 4.69) is 0 Å². The van der Waals surface area contributed by atoms with Crippen LogP contribution in [0.1, 0.15) is 24.8 Å². The molecule has 1 aromatic carbocycles. The summed E-state index contributed by atoms with van der Waals surface area (Å²) in [6, 6.07) is 9.94. The highest BCUT2D eigenvalue weighted by Gasteiger charge is 2.29. The van der Waals surface area contributed by atoms with Crippen molar-refractivity contribution in [2.45, 2.75) is 25.8 Å². The fourth-order valence-corrected chi connectivity index (χ4v) is 2.11. The number of aliphatic hydroxyl groups excluding tert-OH is 1. The van der Waals surface area contributed by atoms with E-state index in [4.69, 9.17) is 5.11 Å². The van der Waals surface area contributed by atoms with Crippen LogP contribution in [0.25, 0.3) is 0 Å². The van der Waals surface area contributed by atoms with Gasteiger partial charge in [-0.3, -0.25) is 4.79 Å². The van der Waals surface area contributed by atoms with Crippen LogP contribution in [0.3, 0.4) is 0 Å². The summed E-state index contributed by atoms with van der Waals surface area (Å²) in [5.74, 6) is 0.402. The highest BCUT2D eigenvalue weighted by atomic mass is 16.3. The fraction of sp³-hybridized carbons (Fsp3) is 0.500. The summed E-state index contributed by atoms with van der Waals surface area (Å²) in [7, 11) is 0. The van der Waals surface area contributed by atoms with Crippen LogP contribution >= 0.6 is 0 Å². The fourth-order valence-electron chi connectivity index (χ4n) is 2.11. The van der Waals surface area contributed by atoms with Crippen molar-refractivity contribution < 1.29 is 9.90 Å². The summed E-state index contributed by atoms with van der Waals surface area (Å²) in [6.45, 7) is 1.08. The molecule has 1 saturated carbocycles. The molecule has 0 atom stereocenters. The molecule has 1 fully saturated rings. The van der Waals surface area contributed by atoms with Crippen LogP contribution in [0, 0.1) is 5.92 Å². The molecule has 1 N–H and O–H groups in total. The predicted molar refractivity (Wildman–Crippen MR) is 66.3 cm³/mol. The van der Waals surface area contributed by atoms with Crippen LogP contribution in [0.15, 0.2) is 30.3 Å². The molecule has 3 heteroatoms. The Kier molecular flexibility index (Phi) is 4.15. The first-order valence-corrected chi connectivity index (χ1v) is 6.25. The van der Waals surface area contributed by atoms with Gasteiger partial charge in [0.25, 0.3) is 0 Å². The van der Waals surface area contributed by atoms with Gasteiger partial charge in [-0.1, -0.05) is 36.8 Å². The monoisotopic (exact) mass is 233 g/mol. The van der Waals surface area contributed by atoms with E-state index >= 15 is 0 Å². The first-order chi connectivity index (χ1) is 8.31. The van der Waals surface area contributed by atoms with Crippen molar-refractivity contribution in [3.05, 3.63) is 35.9 Å². The van der Waals surface area contributed by atoms with E-state index in [0.717, 1.165) is 24.8 Å². The molecule has 0 aliphatic heterocycles. The third kappa shape index (κ3) is 3.07. The quantitative estimate of drug-likeness (QED) is 0.842. The van der Waals surface area contributed by atoms with Crippen LogP contribution in [-0.4, -0.2) is 29.1 Å². The summed E-state index contributed by atoms with van der Waals surface area (Å²) >= 11 is 0. The van der Waals surface area contributed by atoms with Crippen molar-refractivity contribution in [3.8, 4) is 0 Å². The van der Waals surface area contributed by atoms with Gasteiger partial charge in [0, 0.05) is 19.0 Å². The Balaban J connectivity index is 1.99. The van der Waals surface area contributed by atoms with E-state index in [1.807, 2.05) is 30.3 Å². The van der Waals surface area contributed by atoms with E-state index in [9.17, 15) is 4.79 Å². The van der Waals surface area contributed by atoms with Crippen molar-refractivity contribution in [1.29, 1.82) is 0 Å². The Morgan fingerprint density at radius 3 is 2.53 bits per heavy atom. The zero-order valence-electron chi connectivity index (χ0n) is 10.0. The summed E-state index contributed by atoms with van der Waals surface area (Å²) in [6.07, 6.45) is 3.18. The minimum absolute atomic E-state index is 0.0330. The molecule has 0 unspecified atom stereocenters. The second-order valence-corrected chi connectivity index (χ2v) is 4.60. The van der Waals surface area contributed by atoms with Crippen LogP contribution in [0.2, 0.25) is 0 Å². The van der Waals surface area contributed by atoms with E-state index < -0.39 is 0 Å². The molecule has 2 rings (SSSR count). The van der Waals surface area contributed by atoms with E-state index in [1.165, 1.54) is 0 Å². The lowest BCUT2D eigenvalue weighted by Gasteiger charge is -2.31. The molecule has 0 saturated heterocycles. The third-order valence-electron chi connectivity index (χ3n) is 3.35. The lowest BCUT2D eigenvalue weighted by molar-refractivity contribution is -0.139. The number of hydrogen-bond donors (Lipinski definition) is 1. The van der Waals surface area contributed by atoms with Gasteiger partial charge in [-0.05, 0) is 18.4 Å². The van der Waals surface area contributed by atoms with Crippen LogP contribution in [0.4, 0.5) is 0 Å². The molecule has 3 nitrogen and oxygen atoms in total. The van der Waals surface area contributed by atoms with Crippen LogP contribution < -0.4 is 0 Å². The SMILES string of the molecule is O=C(C1CCC1)N(CCO)Cc1ccccc1. The second-order valence-electron chi connectivity index (χ2n) is 4.60. The lowest BCUT2D eigenvalue weighted by atomic mass is 9.84. The predicted octanol–water partition coefficient (Wildman–Crippen LogP) is 1.81. The number of benzene rings is 1. The molecule has 0 bridgehead atoms. The molecule has 17 heavy (non-hydrogen) atoms. The number of rotatable bonds is 5. The van der Waals surface area contributed by atoms with Crippen LogP contribution in [0.5, 0.6) is 0 Å². The summed E-state index contributed by atoms with van der Waals surface area (Å²) < 4.78 is 0. The summed E-state index contributed by atoms with van der Waals surface area (Å²) in [5.41, 5.74) is 1.12. The molecule has 92 valence electrons. The molecule has 0 aromatic heterocycles. The summed E-state index contributed by atoms with van der Waals surface area (Å²) in [4.78, 5) is 13.9. The molecular formula is C14H19NO2. The molecule has 0 spiro atoms. The average Bonchev–Trinajstić information content (AvgIpc) is 2.27. The van der Waals surface area contributed by atoms with Gasteiger partial charge in [0.1, 0.15) is 0 Å². The van der Waals surface area contributed by atoms with Crippen molar-refractivity contribution in [2.75, 3.05) is 13.2 Å². The first kappa shape index (κ1) is 12.1. The maximum absolute atomic E-state index is 12.1. The van der Waals surface area contributed by atoms with Crippen molar-refractivity contribution in [1.82, 2.24) is 4.90 Å². The highest BCUT2D eigenvalue weighted by molar-refractivity contribution is 5.79. The normalized spacial score (nSPS) is 15.4. The minimum atomic E-state index is 0.0330. The van der Waals surface area contributed by atoms with Gasteiger partial charge >= 0.3 is 0 Å². The maximum atomic E-state index is 12.1. The second kappa shape index (κ2) is 5.82. The highest BCUT2D eigenvalue weighted by Crippen LogP contribution is 2.28. The molecule has 1 aliphatic carbocycles. The molecule has 0 heterocycles. The number of nitrogens with zero attached hydrogens (tertiary/aromatic N) is 1. The average molecular weight is 233 g/mol. The standard InChI is InChI=1S/C14H19NO2/c16-10-9-15(14(17)13-7-4-8-13)11-12-5-2-1-3-6-12/h1-3,5-6,13,16H,4,7-11H2. The molecule has 0 radical (unpaired) electrons. The van der Waals surface area contributed by atoms with Crippen molar-refractivity contribution >= 4 is 5.91 Å². The van der Waals surface area contributed by atoms with Gasteiger partial charge < -0.3 is 10.0 Å². The Hall–Kier alpha value is -1.35. The van der Waals surface area contributed by atoms with Gasteiger partial charge in [0.05, 0.1) is 6.61 Å². The Morgan fingerprint density at radius 1 is 1.29 bits per heavy atom. The van der Waals surface area contributed by atoms with Gasteiger partial charge in [0.2, 0.25) is 5.91 Å². The topological polar surface area (TPSA) is 40.5 Å². The lowest BCUT2D eigenvalue weighted by Crippen LogP contribution is -2.40. The van der Waals surface area contributed by atoms with Gasteiger partial charge in [-0.15, -0.1) is 0 Å². The summed E-state index contributed by atoms with van der Waals surface area (Å²) in [5, 5.41) is 9.04. The third-order valence-corrected chi connectivity index (χ3v) is 3.35. The maximum Gasteiger partial charge on any atom is 0.226 e. The van der Waals surface area contributed by atoms with E-state index in [-0.39, 0.29) is 18.4 Å². The Bertz CT molecular complexity index is 360. The largest absolute Gasteiger partial charge is 0.395 e. The van der Waals surface area contributed by atoms with Crippen LogP contribution in [-0.2, 0) is 11.3 Å². The molecule has 1 aliphatic rings. The van der Waals surface area contributed by atoms with Gasteiger partial charge in [-0.25, -0.2) is 0 Å². The number of aliphatic hydroxyl groups is 1. The number of hydrogen-bond acceptors (Lipinski definition) is 2. The minimum Gasteiger partial charge on any atom is -0.395 e. The molecular weight excluding hydrogens is 214 g/mol. The zero-order chi connectivity index (χ0) is 12.1. The number of carbonyl (C=O) groups excluding carboxylic acids is 1. The van der Waals surface area contributed by atoms with E-state index in [0.29, 0.717) is 13.1 Å². The van der Waals surface area contributed by atoms with E-state index in [1.54, 1.807) is 4.90 Å². The zero-order valence-corrected chi connectivity index (χ0v) is 10.0. The van der Waals surface area contributed by atoms with Crippen molar-refractivity contribution in [2.24, 2.45) is 5.92 Å².